The van der Waals surface area contributed by atoms with Crippen LogP contribution in [0.25, 0.3) is 0 Å². The highest BCUT2D eigenvalue weighted by atomic mass is 16.7. The van der Waals surface area contributed by atoms with Gasteiger partial charge in [-0.1, -0.05) is 0 Å². The van der Waals surface area contributed by atoms with Gasteiger partial charge in [-0.2, -0.15) is 0 Å². The number of rotatable bonds is 5. The number of aliphatic hydroxyl groups is 1. The smallest absolute Gasteiger partial charge is 0.180 e. The summed E-state index contributed by atoms with van der Waals surface area (Å²) >= 11 is 0. The van der Waals surface area contributed by atoms with Crippen molar-refractivity contribution in [2.45, 2.75) is 33.2 Å². The molecule has 0 heterocycles. The Morgan fingerprint density at radius 3 is 2.30 bits per heavy atom. The Bertz CT molecular complexity index is 73.3. The zero-order valence-electron chi connectivity index (χ0n) is 6.83. The van der Waals surface area contributed by atoms with Gasteiger partial charge in [0.1, 0.15) is 0 Å². The highest BCUT2D eigenvalue weighted by Gasteiger charge is 2.07. The van der Waals surface area contributed by atoms with Gasteiger partial charge in [-0.3, -0.25) is 0 Å². The third kappa shape index (κ3) is 4.73. The monoisotopic (exact) mass is 148 g/mol. The average molecular weight is 148 g/mol. The molecule has 0 aliphatic rings. The summed E-state index contributed by atoms with van der Waals surface area (Å²) in [6.45, 7) is 6.17. The van der Waals surface area contributed by atoms with E-state index in [0.29, 0.717) is 6.61 Å². The molecule has 0 aromatic rings. The second-order valence-electron chi connectivity index (χ2n) is 2.25. The highest BCUT2D eigenvalue weighted by molar-refractivity contribution is 4.42. The molecule has 10 heavy (non-hydrogen) atoms. The van der Waals surface area contributed by atoms with Gasteiger partial charge >= 0.3 is 0 Å². The van der Waals surface area contributed by atoms with Crippen LogP contribution in [0.2, 0.25) is 0 Å². The second-order valence-corrected chi connectivity index (χ2v) is 2.25. The minimum atomic E-state index is -0.454. The van der Waals surface area contributed by atoms with E-state index in [0.717, 1.165) is 0 Å². The normalized spacial score (nSPS) is 14.1. The van der Waals surface area contributed by atoms with E-state index in [4.69, 9.17) is 14.6 Å². The van der Waals surface area contributed by atoms with Crippen molar-refractivity contribution in [3.63, 3.8) is 0 Å². The second kappa shape index (κ2) is 5.65. The predicted molar refractivity (Wildman–Crippen MR) is 38.7 cm³/mol. The Morgan fingerprint density at radius 1 is 1.40 bits per heavy atom. The third-order valence-corrected chi connectivity index (χ3v) is 0.926. The van der Waals surface area contributed by atoms with Crippen LogP contribution in [0.15, 0.2) is 0 Å². The van der Waals surface area contributed by atoms with E-state index in [1.165, 1.54) is 0 Å². The van der Waals surface area contributed by atoms with Gasteiger partial charge in [0.2, 0.25) is 0 Å². The van der Waals surface area contributed by atoms with E-state index in [2.05, 4.69) is 0 Å². The molecule has 0 aromatic heterocycles. The van der Waals surface area contributed by atoms with E-state index >= 15 is 0 Å². The third-order valence-electron chi connectivity index (χ3n) is 0.926. The Kier molecular flexibility index (Phi) is 5.58. The van der Waals surface area contributed by atoms with Crippen LogP contribution in [0, 0.1) is 0 Å². The summed E-state index contributed by atoms with van der Waals surface area (Å²) in [4.78, 5) is 0. The molecule has 3 nitrogen and oxygen atoms in total. The largest absolute Gasteiger partial charge is 0.391 e. The molecule has 0 saturated heterocycles. The first-order chi connectivity index (χ1) is 4.70. The maximum Gasteiger partial charge on any atom is 0.180 e. The molecule has 1 atom stereocenters. The Labute approximate surface area is 62.0 Å². The number of ether oxygens (including phenoxy) is 2. The summed E-state index contributed by atoms with van der Waals surface area (Å²) in [5.41, 5.74) is 0. The van der Waals surface area contributed by atoms with Crippen molar-refractivity contribution < 1.29 is 14.6 Å². The molecular formula is C7H16O3. The fourth-order valence-electron chi connectivity index (χ4n) is 0.624. The Hall–Kier alpha value is -0.120. The molecule has 0 saturated carbocycles. The molecule has 0 rings (SSSR count). The molecule has 1 N–H and O–H groups in total. The lowest BCUT2D eigenvalue weighted by Gasteiger charge is -2.17. The summed E-state index contributed by atoms with van der Waals surface area (Å²) in [7, 11) is 0. The summed E-state index contributed by atoms with van der Waals surface area (Å²) in [5, 5.41) is 8.66. The fraction of sp³-hybridized carbons (Fsp3) is 1.00. The van der Waals surface area contributed by atoms with Gasteiger partial charge in [0.05, 0.1) is 12.7 Å². The molecule has 0 aliphatic heterocycles. The molecule has 0 spiro atoms. The zero-order chi connectivity index (χ0) is 7.98. The maximum absolute atomic E-state index is 8.66. The zero-order valence-corrected chi connectivity index (χ0v) is 6.83. The molecule has 0 aromatic carbocycles. The quantitative estimate of drug-likeness (QED) is 0.585. The lowest BCUT2D eigenvalue weighted by atomic mass is 10.5. The van der Waals surface area contributed by atoms with E-state index in [1.54, 1.807) is 0 Å². The minimum absolute atomic E-state index is 0.0774. The van der Waals surface area contributed by atoms with Gasteiger partial charge in [-0.25, -0.2) is 0 Å². The highest BCUT2D eigenvalue weighted by Crippen LogP contribution is 1.98. The van der Waals surface area contributed by atoms with Gasteiger partial charge in [0.25, 0.3) is 0 Å². The molecule has 62 valence electrons. The van der Waals surface area contributed by atoms with Crippen molar-refractivity contribution in [3.05, 3.63) is 0 Å². The SMILES string of the molecule is CCOC(CO)OC(C)C. The first-order valence-corrected chi connectivity index (χ1v) is 3.58. The minimum Gasteiger partial charge on any atom is -0.391 e. The van der Waals surface area contributed by atoms with Gasteiger partial charge in [0.15, 0.2) is 6.29 Å². The van der Waals surface area contributed by atoms with Crippen LogP contribution in [0.5, 0.6) is 0 Å². The first kappa shape index (κ1) is 9.88. The van der Waals surface area contributed by atoms with Crippen molar-refractivity contribution in [1.29, 1.82) is 0 Å². The number of hydrogen-bond acceptors (Lipinski definition) is 3. The molecule has 0 amide bonds. The van der Waals surface area contributed by atoms with Crippen LogP contribution >= 0.6 is 0 Å². The van der Waals surface area contributed by atoms with E-state index in [1.807, 2.05) is 20.8 Å². The predicted octanol–water partition coefficient (Wildman–Crippen LogP) is 0.766. The van der Waals surface area contributed by atoms with Crippen LogP contribution in [0.1, 0.15) is 20.8 Å². The summed E-state index contributed by atoms with van der Waals surface area (Å²) < 4.78 is 10.2. The lowest BCUT2D eigenvalue weighted by Crippen LogP contribution is -2.24. The molecule has 3 heteroatoms. The number of hydrogen-bond donors (Lipinski definition) is 1. The Morgan fingerprint density at radius 2 is 2.00 bits per heavy atom. The summed E-state index contributed by atoms with van der Waals surface area (Å²) in [5.74, 6) is 0. The van der Waals surface area contributed by atoms with Crippen LogP contribution in [0.3, 0.4) is 0 Å². The maximum atomic E-state index is 8.66. The van der Waals surface area contributed by atoms with Crippen molar-refractivity contribution in [2.75, 3.05) is 13.2 Å². The average Bonchev–Trinajstić information content (AvgIpc) is 1.86. The molecule has 0 fully saturated rings. The first-order valence-electron chi connectivity index (χ1n) is 3.58. The summed E-state index contributed by atoms with van der Waals surface area (Å²) in [6, 6.07) is 0. The lowest BCUT2D eigenvalue weighted by molar-refractivity contribution is -0.178. The van der Waals surface area contributed by atoms with Gasteiger partial charge in [-0.15, -0.1) is 0 Å². The summed E-state index contributed by atoms with van der Waals surface area (Å²) in [6.07, 6.45) is -0.353. The van der Waals surface area contributed by atoms with E-state index in [9.17, 15) is 0 Å². The van der Waals surface area contributed by atoms with E-state index in [-0.39, 0.29) is 12.7 Å². The number of aliphatic hydroxyl groups excluding tert-OH is 1. The van der Waals surface area contributed by atoms with Gasteiger partial charge < -0.3 is 14.6 Å². The van der Waals surface area contributed by atoms with Crippen LogP contribution < -0.4 is 0 Å². The van der Waals surface area contributed by atoms with Crippen molar-refractivity contribution in [2.24, 2.45) is 0 Å². The molecule has 1 unspecified atom stereocenters. The topological polar surface area (TPSA) is 38.7 Å². The molecule has 0 radical (unpaired) electrons. The molecular weight excluding hydrogens is 132 g/mol. The van der Waals surface area contributed by atoms with Gasteiger partial charge in [0, 0.05) is 6.61 Å². The van der Waals surface area contributed by atoms with Gasteiger partial charge in [-0.05, 0) is 20.8 Å². The van der Waals surface area contributed by atoms with Crippen molar-refractivity contribution in [1.82, 2.24) is 0 Å². The Balaban J connectivity index is 3.39. The molecule has 0 bridgehead atoms. The van der Waals surface area contributed by atoms with Crippen molar-refractivity contribution in [3.8, 4) is 0 Å². The van der Waals surface area contributed by atoms with Crippen LogP contribution in [-0.2, 0) is 9.47 Å². The van der Waals surface area contributed by atoms with Crippen molar-refractivity contribution >= 4 is 0 Å². The van der Waals surface area contributed by atoms with E-state index < -0.39 is 6.29 Å². The fourth-order valence-corrected chi connectivity index (χ4v) is 0.624. The van der Waals surface area contributed by atoms with Crippen LogP contribution in [-0.4, -0.2) is 30.7 Å². The standard InChI is InChI=1S/C7H16O3/c1-4-9-7(5-8)10-6(2)3/h6-8H,4-5H2,1-3H3. The van der Waals surface area contributed by atoms with Crippen LogP contribution in [0.4, 0.5) is 0 Å². The molecule has 0 aliphatic carbocycles.